The summed E-state index contributed by atoms with van der Waals surface area (Å²) in [5.74, 6) is 1.57. The number of ether oxygens (including phenoxy) is 1. The maximum absolute atomic E-state index is 13.3. The van der Waals surface area contributed by atoms with E-state index in [2.05, 4.69) is 26.7 Å². The average Bonchev–Trinajstić information content (AvgIpc) is 3.11. The van der Waals surface area contributed by atoms with Gasteiger partial charge in [-0.05, 0) is 50.5 Å². The highest BCUT2D eigenvalue weighted by atomic mass is 32.2. The smallest absolute Gasteiger partial charge is 0.410 e. The van der Waals surface area contributed by atoms with Crippen LogP contribution in [0.5, 0.6) is 0 Å². The quantitative estimate of drug-likeness (QED) is 0.477. The molecule has 0 aliphatic carbocycles. The second-order valence-electron chi connectivity index (χ2n) is 9.29. The summed E-state index contributed by atoms with van der Waals surface area (Å²) in [6.45, 7) is 3.60. The number of cyclic esters (lactones) is 1. The molecule has 12 heteroatoms. The number of aryl methyl sites for hydroxylation is 1. The van der Waals surface area contributed by atoms with Gasteiger partial charge in [-0.15, -0.1) is 0 Å². The van der Waals surface area contributed by atoms with E-state index >= 15 is 0 Å². The fourth-order valence-electron chi connectivity index (χ4n) is 4.55. The van der Waals surface area contributed by atoms with E-state index in [4.69, 9.17) is 4.74 Å². The van der Waals surface area contributed by atoms with Gasteiger partial charge in [0.25, 0.3) is 0 Å². The van der Waals surface area contributed by atoms with Gasteiger partial charge in [0.1, 0.15) is 23.4 Å². The molecular formula is C26H31N7O4S. The number of pyridine rings is 2. The van der Waals surface area contributed by atoms with Gasteiger partial charge in [0.2, 0.25) is 0 Å². The minimum absolute atomic E-state index is 0.119. The maximum Gasteiger partial charge on any atom is 0.410 e. The third kappa shape index (κ3) is 6.34. The van der Waals surface area contributed by atoms with Crippen LogP contribution < -0.4 is 15.5 Å². The first-order valence-corrected chi connectivity index (χ1v) is 14.0. The zero-order valence-corrected chi connectivity index (χ0v) is 22.3. The number of amides is 3. The molecule has 1 atom stereocenters. The number of hydrogen-bond acceptors (Lipinski definition) is 9. The molecule has 3 amide bonds. The fourth-order valence-corrected chi connectivity index (χ4v) is 5.13. The normalized spacial score (nSPS) is 16.0. The summed E-state index contributed by atoms with van der Waals surface area (Å²) in [7, 11) is 0. The molecule has 2 aliphatic heterocycles. The second kappa shape index (κ2) is 12.6. The van der Waals surface area contributed by atoms with Crippen molar-refractivity contribution < 1.29 is 19.1 Å². The van der Waals surface area contributed by atoms with Crippen LogP contribution in [-0.4, -0.2) is 71.0 Å². The van der Waals surface area contributed by atoms with Gasteiger partial charge in [-0.2, -0.15) is 17.0 Å². The molecule has 4 rings (SSSR count). The maximum atomic E-state index is 13.3. The molecule has 0 radical (unpaired) electrons. The summed E-state index contributed by atoms with van der Waals surface area (Å²) in [6, 6.07) is 5.32. The lowest BCUT2D eigenvalue weighted by Crippen LogP contribution is -2.40. The van der Waals surface area contributed by atoms with Crippen molar-refractivity contribution in [2.24, 2.45) is 0 Å². The van der Waals surface area contributed by atoms with Crippen LogP contribution >= 0.6 is 11.8 Å². The Hall–Kier alpha value is -3.85. The molecule has 0 aromatic carbocycles. The van der Waals surface area contributed by atoms with Crippen LogP contribution in [0.15, 0.2) is 18.3 Å². The van der Waals surface area contributed by atoms with Crippen LogP contribution in [0.2, 0.25) is 0 Å². The van der Waals surface area contributed by atoms with E-state index in [-0.39, 0.29) is 18.3 Å². The van der Waals surface area contributed by atoms with Gasteiger partial charge < -0.3 is 15.0 Å². The Morgan fingerprint density at radius 2 is 2.16 bits per heavy atom. The first kappa shape index (κ1) is 27.2. The summed E-state index contributed by atoms with van der Waals surface area (Å²) < 4.78 is 5.22. The highest BCUT2D eigenvalue weighted by Gasteiger charge is 2.28. The molecule has 2 aromatic heterocycles. The zero-order valence-electron chi connectivity index (χ0n) is 21.5. The lowest BCUT2D eigenvalue weighted by molar-refractivity contribution is 0.109. The van der Waals surface area contributed by atoms with E-state index in [1.165, 1.54) is 11.1 Å². The Bertz CT molecular complexity index is 1250. The third-order valence-electron chi connectivity index (χ3n) is 6.38. The van der Waals surface area contributed by atoms with Crippen molar-refractivity contribution >= 4 is 47.5 Å². The molecule has 4 heterocycles. The van der Waals surface area contributed by atoms with E-state index in [1.54, 1.807) is 22.7 Å². The van der Waals surface area contributed by atoms with Crippen LogP contribution in [0.25, 0.3) is 0 Å². The van der Waals surface area contributed by atoms with E-state index in [1.807, 2.05) is 19.2 Å². The molecule has 11 nitrogen and oxygen atoms in total. The van der Waals surface area contributed by atoms with Gasteiger partial charge >= 0.3 is 12.1 Å². The Morgan fingerprint density at radius 3 is 2.92 bits per heavy atom. The summed E-state index contributed by atoms with van der Waals surface area (Å²) in [5, 5.41) is 15.6. The number of anilines is 3. The van der Waals surface area contributed by atoms with Gasteiger partial charge in [-0.1, -0.05) is 0 Å². The van der Waals surface area contributed by atoms with Crippen LogP contribution in [0, 0.1) is 11.3 Å². The number of nitrogens with one attached hydrogen (secondary N) is 2. The Morgan fingerprint density at radius 1 is 1.32 bits per heavy atom. The topological polar surface area (TPSA) is 141 Å². The standard InChI is InChI=1S/C26H31N7O4S/c1-17(16-38-2)29-21-11-23(28-13-20(21)12-27)31-25(35)33-8-5-6-18-10-19(22(15-34)30-24(18)33)14-32-7-3-4-9-37-26(32)36/h10-11,13,15,17H,3-9,14,16H2,1-2H3,(H2,28,29,31,35). The molecule has 200 valence electrons. The molecule has 0 spiro atoms. The van der Waals surface area contributed by atoms with Crippen molar-refractivity contribution in [2.75, 3.05) is 47.2 Å². The van der Waals surface area contributed by atoms with Crippen LogP contribution in [0.4, 0.5) is 26.9 Å². The molecule has 2 aliphatic rings. The SMILES string of the molecule is CSCC(C)Nc1cc(NC(=O)N2CCCc3cc(CN4CCCCOC4=O)c(C=O)nc32)ncc1C#N. The zero-order chi connectivity index (χ0) is 27.1. The molecule has 38 heavy (non-hydrogen) atoms. The Labute approximate surface area is 225 Å². The lowest BCUT2D eigenvalue weighted by Gasteiger charge is -2.29. The van der Waals surface area contributed by atoms with E-state index in [9.17, 15) is 19.6 Å². The van der Waals surface area contributed by atoms with Gasteiger partial charge in [-0.3, -0.25) is 15.0 Å². The predicted molar refractivity (Wildman–Crippen MR) is 146 cm³/mol. The van der Waals surface area contributed by atoms with Gasteiger partial charge in [-0.25, -0.2) is 19.6 Å². The highest BCUT2D eigenvalue weighted by Crippen LogP contribution is 2.29. The highest BCUT2D eigenvalue weighted by molar-refractivity contribution is 7.98. The molecule has 2 aromatic rings. The number of nitrogens with zero attached hydrogens (tertiary/aromatic N) is 5. The van der Waals surface area contributed by atoms with Crippen LogP contribution in [-0.2, 0) is 17.7 Å². The van der Waals surface area contributed by atoms with E-state index in [0.29, 0.717) is 67.3 Å². The van der Waals surface area contributed by atoms with Crippen molar-refractivity contribution in [2.45, 2.75) is 45.2 Å². The molecule has 1 saturated heterocycles. The molecule has 0 bridgehead atoms. The van der Waals surface area contributed by atoms with Crippen molar-refractivity contribution in [3.8, 4) is 6.07 Å². The van der Waals surface area contributed by atoms with Crippen LogP contribution in [0.1, 0.15) is 53.4 Å². The number of fused-ring (bicyclic) bond motifs is 1. The number of hydrogen-bond donors (Lipinski definition) is 2. The minimum atomic E-state index is -0.431. The number of nitriles is 1. The number of carbonyl (C=O) groups excluding carboxylic acids is 3. The summed E-state index contributed by atoms with van der Waals surface area (Å²) in [5.41, 5.74) is 2.63. The van der Waals surface area contributed by atoms with Crippen molar-refractivity contribution in [1.29, 1.82) is 5.26 Å². The summed E-state index contributed by atoms with van der Waals surface area (Å²) >= 11 is 1.69. The van der Waals surface area contributed by atoms with Crippen LogP contribution in [0.3, 0.4) is 0 Å². The molecule has 2 N–H and O–H groups in total. The Kier molecular flexibility index (Phi) is 9.02. The number of aromatic nitrogens is 2. The summed E-state index contributed by atoms with van der Waals surface area (Å²) in [4.78, 5) is 49.4. The van der Waals surface area contributed by atoms with Gasteiger partial charge in [0.15, 0.2) is 6.29 Å². The first-order valence-electron chi connectivity index (χ1n) is 12.6. The number of thioether (sulfide) groups is 1. The van der Waals surface area contributed by atoms with Crippen molar-refractivity contribution in [1.82, 2.24) is 14.9 Å². The number of aldehydes is 1. The molecular weight excluding hydrogens is 506 g/mol. The minimum Gasteiger partial charge on any atom is -0.449 e. The lowest BCUT2D eigenvalue weighted by atomic mass is 10.0. The third-order valence-corrected chi connectivity index (χ3v) is 7.21. The summed E-state index contributed by atoms with van der Waals surface area (Å²) in [6.07, 6.45) is 6.73. The number of rotatable bonds is 8. The number of carbonyl (C=O) groups is 3. The van der Waals surface area contributed by atoms with Gasteiger partial charge in [0, 0.05) is 42.7 Å². The monoisotopic (exact) mass is 537 g/mol. The predicted octanol–water partition coefficient (Wildman–Crippen LogP) is 4.04. The average molecular weight is 538 g/mol. The van der Waals surface area contributed by atoms with Crippen molar-refractivity contribution in [3.63, 3.8) is 0 Å². The van der Waals surface area contributed by atoms with Crippen molar-refractivity contribution in [3.05, 3.63) is 40.7 Å². The Balaban J connectivity index is 1.55. The molecule has 1 fully saturated rings. The first-order chi connectivity index (χ1) is 18.4. The number of urea groups is 1. The fraction of sp³-hybridized carbons (Fsp3) is 0.462. The molecule has 0 saturated carbocycles. The van der Waals surface area contributed by atoms with Gasteiger partial charge in [0.05, 0.1) is 24.4 Å². The van der Waals surface area contributed by atoms with E-state index < -0.39 is 12.1 Å². The largest absolute Gasteiger partial charge is 0.449 e. The second-order valence-corrected chi connectivity index (χ2v) is 10.2. The van der Waals surface area contributed by atoms with E-state index in [0.717, 1.165) is 24.2 Å². The molecule has 1 unspecified atom stereocenters.